The van der Waals surface area contributed by atoms with Crippen molar-refractivity contribution in [2.45, 2.75) is 6.92 Å². The van der Waals surface area contributed by atoms with Gasteiger partial charge in [0, 0.05) is 3.57 Å². The van der Waals surface area contributed by atoms with Gasteiger partial charge >= 0.3 is 0 Å². The Bertz CT molecular complexity index is 422. The van der Waals surface area contributed by atoms with Crippen molar-refractivity contribution in [1.82, 2.24) is 4.98 Å². The van der Waals surface area contributed by atoms with Crippen molar-refractivity contribution in [3.05, 3.63) is 39.0 Å². The lowest BCUT2D eigenvalue weighted by Crippen LogP contribution is -1.78. The Morgan fingerprint density at radius 1 is 1.38 bits per heavy atom. The van der Waals surface area contributed by atoms with Gasteiger partial charge in [0.15, 0.2) is 0 Å². The Labute approximate surface area is 95.0 Å². The lowest BCUT2D eigenvalue weighted by molar-refractivity contribution is 1.27. The number of aryl methyl sites for hydroxylation is 1. The van der Waals surface area contributed by atoms with Gasteiger partial charge in [-0.25, -0.2) is 4.98 Å². The summed E-state index contributed by atoms with van der Waals surface area (Å²) in [5.41, 5.74) is 4.28. The lowest BCUT2D eigenvalue weighted by atomic mass is 10.2. The van der Waals surface area contributed by atoms with Crippen molar-refractivity contribution in [3.8, 4) is 10.4 Å². The minimum Gasteiger partial charge on any atom is -0.249 e. The molecular formula is C10H8INS. The molecule has 0 fully saturated rings. The van der Waals surface area contributed by atoms with E-state index in [9.17, 15) is 0 Å². The van der Waals surface area contributed by atoms with Crippen LogP contribution in [0.2, 0.25) is 0 Å². The van der Waals surface area contributed by atoms with Crippen LogP contribution in [-0.2, 0) is 0 Å². The predicted octanol–water partition coefficient (Wildman–Crippen LogP) is 3.72. The molecule has 0 saturated carbocycles. The minimum atomic E-state index is 1.12. The zero-order valence-electron chi connectivity index (χ0n) is 7.12. The number of rotatable bonds is 1. The number of thiazole rings is 1. The third-order valence-corrected chi connectivity index (χ3v) is 3.48. The molecule has 0 atom stereocenters. The highest BCUT2D eigenvalue weighted by Gasteiger charge is 2.03. The second-order valence-corrected chi connectivity index (χ2v) is 4.88. The van der Waals surface area contributed by atoms with Crippen LogP contribution in [0.5, 0.6) is 0 Å². The molecule has 0 radical (unpaired) electrons. The smallest absolute Gasteiger partial charge is 0.0801 e. The SMILES string of the molecule is Cc1ncsc1-c1cccc(I)c1. The summed E-state index contributed by atoms with van der Waals surface area (Å²) in [6, 6.07) is 8.49. The Morgan fingerprint density at radius 2 is 2.23 bits per heavy atom. The summed E-state index contributed by atoms with van der Waals surface area (Å²) < 4.78 is 1.27. The van der Waals surface area contributed by atoms with Gasteiger partial charge in [-0.05, 0) is 47.2 Å². The van der Waals surface area contributed by atoms with Crippen molar-refractivity contribution < 1.29 is 0 Å². The van der Waals surface area contributed by atoms with Crippen molar-refractivity contribution in [3.63, 3.8) is 0 Å². The molecule has 1 heterocycles. The van der Waals surface area contributed by atoms with Gasteiger partial charge in [0.2, 0.25) is 0 Å². The summed E-state index contributed by atoms with van der Waals surface area (Å²) in [5.74, 6) is 0. The van der Waals surface area contributed by atoms with Crippen LogP contribution in [0.25, 0.3) is 10.4 Å². The van der Waals surface area contributed by atoms with Gasteiger partial charge in [-0.1, -0.05) is 12.1 Å². The fourth-order valence-corrected chi connectivity index (χ4v) is 2.55. The number of nitrogens with zero attached hydrogens (tertiary/aromatic N) is 1. The second-order valence-electron chi connectivity index (χ2n) is 2.78. The monoisotopic (exact) mass is 301 g/mol. The minimum absolute atomic E-state index is 1.12. The highest BCUT2D eigenvalue weighted by molar-refractivity contribution is 14.1. The molecule has 0 saturated heterocycles. The van der Waals surface area contributed by atoms with Crippen molar-refractivity contribution >= 4 is 33.9 Å². The van der Waals surface area contributed by atoms with Gasteiger partial charge in [0.1, 0.15) is 0 Å². The Kier molecular flexibility index (Phi) is 2.64. The van der Waals surface area contributed by atoms with E-state index < -0.39 is 0 Å². The average Bonchev–Trinajstić information content (AvgIpc) is 2.51. The topological polar surface area (TPSA) is 12.9 Å². The van der Waals surface area contributed by atoms with Gasteiger partial charge in [-0.15, -0.1) is 11.3 Å². The van der Waals surface area contributed by atoms with Crippen LogP contribution in [0.1, 0.15) is 5.69 Å². The van der Waals surface area contributed by atoms with E-state index in [1.165, 1.54) is 14.0 Å². The normalized spacial score (nSPS) is 10.3. The molecule has 0 bridgehead atoms. The zero-order chi connectivity index (χ0) is 9.26. The molecule has 0 aliphatic rings. The molecule has 66 valence electrons. The number of hydrogen-bond acceptors (Lipinski definition) is 2. The maximum Gasteiger partial charge on any atom is 0.0801 e. The fourth-order valence-electron chi connectivity index (χ4n) is 1.21. The van der Waals surface area contributed by atoms with E-state index in [-0.39, 0.29) is 0 Å². The van der Waals surface area contributed by atoms with Crippen molar-refractivity contribution in [2.75, 3.05) is 0 Å². The van der Waals surface area contributed by atoms with Crippen LogP contribution < -0.4 is 0 Å². The maximum absolute atomic E-state index is 4.24. The molecule has 13 heavy (non-hydrogen) atoms. The first-order valence-corrected chi connectivity index (χ1v) is 5.89. The molecule has 2 rings (SSSR count). The zero-order valence-corrected chi connectivity index (χ0v) is 10.1. The molecule has 0 aliphatic heterocycles. The largest absolute Gasteiger partial charge is 0.249 e. The highest BCUT2D eigenvalue weighted by Crippen LogP contribution is 2.27. The first-order chi connectivity index (χ1) is 6.27. The fraction of sp³-hybridized carbons (Fsp3) is 0.100. The third kappa shape index (κ3) is 1.91. The summed E-state index contributed by atoms with van der Waals surface area (Å²) in [4.78, 5) is 5.52. The van der Waals surface area contributed by atoms with Gasteiger partial charge in [0.25, 0.3) is 0 Å². The Morgan fingerprint density at radius 3 is 2.85 bits per heavy atom. The quantitative estimate of drug-likeness (QED) is 0.732. The van der Waals surface area contributed by atoms with E-state index in [1.807, 2.05) is 12.4 Å². The summed E-state index contributed by atoms with van der Waals surface area (Å²) in [6.07, 6.45) is 0. The molecule has 0 aliphatic carbocycles. The Hall–Kier alpha value is -0.420. The summed E-state index contributed by atoms with van der Waals surface area (Å²) in [6.45, 7) is 2.05. The van der Waals surface area contributed by atoms with E-state index in [0.29, 0.717) is 0 Å². The average molecular weight is 301 g/mol. The van der Waals surface area contributed by atoms with Crippen molar-refractivity contribution in [2.24, 2.45) is 0 Å². The molecule has 2 aromatic rings. The molecule has 3 heteroatoms. The van der Waals surface area contributed by atoms with E-state index >= 15 is 0 Å². The summed E-state index contributed by atoms with van der Waals surface area (Å²) >= 11 is 4.02. The Balaban J connectivity index is 2.53. The van der Waals surface area contributed by atoms with Crippen molar-refractivity contribution in [1.29, 1.82) is 0 Å². The van der Waals surface area contributed by atoms with Crippen LogP contribution >= 0.6 is 33.9 Å². The van der Waals surface area contributed by atoms with Crippen LogP contribution in [0.15, 0.2) is 29.8 Å². The van der Waals surface area contributed by atoms with Crippen LogP contribution in [-0.4, -0.2) is 4.98 Å². The van der Waals surface area contributed by atoms with Gasteiger partial charge < -0.3 is 0 Å². The number of aromatic nitrogens is 1. The highest BCUT2D eigenvalue weighted by atomic mass is 127. The van der Waals surface area contributed by atoms with Crippen LogP contribution in [0.4, 0.5) is 0 Å². The maximum atomic E-state index is 4.24. The summed E-state index contributed by atoms with van der Waals surface area (Å²) in [7, 11) is 0. The van der Waals surface area contributed by atoms with Gasteiger partial charge in [0.05, 0.1) is 16.1 Å². The molecular weight excluding hydrogens is 293 g/mol. The van der Waals surface area contributed by atoms with E-state index in [0.717, 1.165) is 5.69 Å². The predicted molar refractivity (Wildman–Crippen MR) is 65.0 cm³/mol. The van der Waals surface area contributed by atoms with E-state index in [2.05, 4.69) is 51.8 Å². The van der Waals surface area contributed by atoms with E-state index in [4.69, 9.17) is 0 Å². The number of hydrogen-bond donors (Lipinski definition) is 0. The van der Waals surface area contributed by atoms with Crippen LogP contribution in [0.3, 0.4) is 0 Å². The molecule has 0 unspecified atom stereocenters. The third-order valence-electron chi connectivity index (χ3n) is 1.83. The second kappa shape index (κ2) is 3.75. The van der Waals surface area contributed by atoms with Crippen LogP contribution in [0, 0.1) is 10.5 Å². The molecule has 1 nitrogen and oxygen atoms in total. The van der Waals surface area contributed by atoms with E-state index in [1.54, 1.807) is 11.3 Å². The number of benzene rings is 1. The van der Waals surface area contributed by atoms with Gasteiger partial charge in [-0.3, -0.25) is 0 Å². The number of halogens is 1. The molecule has 1 aromatic heterocycles. The molecule has 0 N–H and O–H groups in total. The molecule has 0 spiro atoms. The standard InChI is InChI=1S/C10H8INS/c1-7-10(13-6-12-7)8-3-2-4-9(11)5-8/h2-6H,1H3. The summed E-state index contributed by atoms with van der Waals surface area (Å²) in [5, 5.41) is 0. The van der Waals surface area contributed by atoms with Gasteiger partial charge in [-0.2, -0.15) is 0 Å². The first-order valence-electron chi connectivity index (χ1n) is 3.93. The molecule has 0 amide bonds. The molecule has 1 aromatic carbocycles. The lowest BCUT2D eigenvalue weighted by Gasteiger charge is -1.98. The first kappa shape index (κ1) is 9.15.